The first-order valence-electron chi connectivity index (χ1n) is 8.67. The fraction of sp³-hybridized carbons (Fsp3) is 0.143. The van der Waals surface area contributed by atoms with Gasteiger partial charge in [0.05, 0.1) is 11.6 Å². The third-order valence-electron chi connectivity index (χ3n) is 4.20. The Morgan fingerprint density at radius 1 is 1.29 bits per heavy atom. The van der Waals surface area contributed by atoms with Crippen LogP contribution in [0.3, 0.4) is 0 Å². The molecule has 2 aromatic carbocycles. The van der Waals surface area contributed by atoms with Gasteiger partial charge in [0.1, 0.15) is 12.4 Å². The number of allylic oxidation sites excluding steroid dienone is 1. The van der Waals surface area contributed by atoms with Crippen molar-refractivity contribution >= 4 is 40.5 Å². The maximum absolute atomic E-state index is 13.1. The monoisotopic (exact) mass is 413 g/mol. The van der Waals surface area contributed by atoms with Gasteiger partial charge in [0.2, 0.25) is 0 Å². The van der Waals surface area contributed by atoms with E-state index in [0.717, 1.165) is 5.56 Å². The largest absolute Gasteiger partial charge is 0.489 e. The fourth-order valence-corrected chi connectivity index (χ4v) is 3.36. The Bertz CT molecular complexity index is 941. The van der Waals surface area contributed by atoms with Gasteiger partial charge in [0.25, 0.3) is 5.91 Å². The van der Waals surface area contributed by atoms with Crippen molar-refractivity contribution in [3.63, 3.8) is 0 Å². The Kier molecular flexibility index (Phi) is 6.34. The lowest BCUT2D eigenvalue weighted by molar-refractivity contribution is -0.113. The molecule has 5 nitrogen and oxygen atoms in total. The lowest BCUT2D eigenvalue weighted by atomic mass is 9.94. The molecule has 1 amide bonds. The first kappa shape index (κ1) is 19.9. The van der Waals surface area contributed by atoms with Crippen molar-refractivity contribution in [2.75, 3.05) is 11.9 Å². The Hall–Kier alpha value is -2.83. The van der Waals surface area contributed by atoms with Crippen LogP contribution < -0.4 is 20.7 Å². The molecule has 1 aliphatic rings. The standard InChI is InChI=1S/C21H20ClN3O2S/c1-3-12-27-17-7-5-4-6-16(17)19-18(13(2)23-21(28)25-19)20(26)24-15-10-8-14(22)9-11-15/h3-11,19H,1,12H2,2H3,(H,24,26)(H2,23,25,28)/t19-/m0/s1. The predicted molar refractivity (Wildman–Crippen MR) is 117 cm³/mol. The molecule has 0 bridgehead atoms. The van der Waals surface area contributed by atoms with E-state index in [1.807, 2.05) is 31.2 Å². The fourth-order valence-electron chi connectivity index (χ4n) is 2.96. The molecule has 2 aromatic rings. The smallest absolute Gasteiger partial charge is 0.255 e. The van der Waals surface area contributed by atoms with Gasteiger partial charge in [0, 0.05) is 22.0 Å². The van der Waals surface area contributed by atoms with E-state index < -0.39 is 6.04 Å². The van der Waals surface area contributed by atoms with Gasteiger partial charge in [0.15, 0.2) is 5.11 Å². The van der Waals surface area contributed by atoms with E-state index in [9.17, 15) is 4.79 Å². The average Bonchev–Trinajstić information content (AvgIpc) is 2.67. The number of carbonyl (C=O) groups is 1. The van der Waals surface area contributed by atoms with Crippen LogP contribution >= 0.6 is 23.8 Å². The van der Waals surface area contributed by atoms with E-state index in [0.29, 0.717) is 39.4 Å². The third-order valence-corrected chi connectivity index (χ3v) is 4.67. The van der Waals surface area contributed by atoms with Crippen molar-refractivity contribution in [3.05, 3.63) is 83.0 Å². The normalized spacial score (nSPS) is 16.1. The number of hydrogen-bond acceptors (Lipinski definition) is 3. The number of hydrogen-bond donors (Lipinski definition) is 3. The highest BCUT2D eigenvalue weighted by Gasteiger charge is 2.31. The molecule has 3 rings (SSSR count). The van der Waals surface area contributed by atoms with Gasteiger partial charge in [-0.05, 0) is 49.5 Å². The van der Waals surface area contributed by atoms with Crippen LogP contribution in [0.5, 0.6) is 5.75 Å². The van der Waals surface area contributed by atoms with Crippen LogP contribution in [0.4, 0.5) is 5.69 Å². The van der Waals surface area contributed by atoms with Crippen molar-refractivity contribution in [3.8, 4) is 5.75 Å². The minimum absolute atomic E-state index is 0.245. The van der Waals surface area contributed by atoms with E-state index in [2.05, 4.69) is 22.5 Å². The number of thiocarbonyl (C=S) groups is 1. The molecular weight excluding hydrogens is 394 g/mol. The van der Waals surface area contributed by atoms with Gasteiger partial charge < -0.3 is 20.7 Å². The number of para-hydroxylation sites is 1. The van der Waals surface area contributed by atoms with Crippen LogP contribution in [-0.4, -0.2) is 17.6 Å². The molecule has 0 aliphatic carbocycles. The van der Waals surface area contributed by atoms with Crippen LogP contribution in [-0.2, 0) is 4.79 Å². The summed E-state index contributed by atoms with van der Waals surface area (Å²) >= 11 is 11.2. The van der Waals surface area contributed by atoms with Crippen molar-refractivity contribution in [1.82, 2.24) is 10.6 Å². The molecule has 3 N–H and O–H groups in total. The number of halogens is 1. The SMILES string of the molecule is C=CCOc1ccccc1[C@@H]1NC(=S)NC(C)=C1C(=O)Nc1ccc(Cl)cc1. The Morgan fingerprint density at radius 3 is 2.71 bits per heavy atom. The van der Waals surface area contributed by atoms with Crippen molar-refractivity contribution in [2.24, 2.45) is 0 Å². The summed E-state index contributed by atoms with van der Waals surface area (Å²) in [5, 5.41) is 10.2. The first-order chi connectivity index (χ1) is 13.5. The molecule has 0 spiro atoms. The van der Waals surface area contributed by atoms with Crippen LogP contribution in [0, 0.1) is 0 Å². The summed E-state index contributed by atoms with van der Waals surface area (Å²) in [5.41, 5.74) is 2.67. The van der Waals surface area contributed by atoms with Crippen LogP contribution in [0.2, 0.25) is 5.02 Å². The number of nitrogens with one attached hydrogen (secondary N) is 3. The zero-order valence-corrected chi connectivity index (χ0v) is 16.9. The number of rotatable bonds is 6. The Balaban J connectivity index is 1.96. The number of ether oxygens (including phenoxy) is 1. The van der Waals surface area contributed by atoms with E-state index in [-0.39, 0.29) is 5.91 Å². The second-order valence-corrected chi connectivity index (χ2v) is 7.01. The topological polar surface area (TPSA) is 62.4 Å². The molecule has 28 heavy (non-hydrogen) atoms. The predicted octanol–water partition coefficient (Wildman–Crippen LogP) is 4.34. The summed E-state index contributed by atoms with van der Waals surface area (Å²) < 4.78 is 5.78. The van der Waals surface area contributed by atoms with Crippen molar-refractivity contribution < 1.29 is 9.53 Å². The minimum Gasteiger partial charge on any atom is -0.489 e. The molecule has 0 saturated carbocycles. The molecule has 0 unspecified atom stereocenters. The molecule has 0 aromatic heterocycles. The second-order valence-electron chi connectivity index (χ2n) is 6.17. The molecule has 1 atom stereocenters. The Labute approximate surface area is 174 Å². The quantitative estimate of drug-likeness (QED) is 0.486. The van der Waals surface area contributed by atoms with Gasteiger partial charge in [-0.15, -0.1) is 0 Å². The van der Waals surface area contributed by atoms with E-state index >= 15 is 0 Å². The highest BCUT2D eigenvalue weighted by atomic mass is 35.5. The summed E-state index contributed by atoms with van der Waals surface area (Å²) in [5.74, 6) is 0.417. The Morgan fingerprint density at radius 2 is 2.00 bits per heavy atom. The summed E-state index contributed by atoms with van der Waals surface area (Å²) in [4.78, 5) is 13.1. The number of carbonyl (C=O) groups excluding carboxylic acids is 1. The number of anilines is 1. The van der Waals surface area contributed by atoms with Crippen LogP contribution in [0.1, 0.15) is 18.5 Å². The van der Waals surface area contributed by atoms with E-state index in [4.69, 9.17) is 28.6 Å². The second kappa shape index (κ2) is 8.91. The first-order valence-corrected chi connectivity index (χ1v) is 9.46. The maximum atomic E-state index is 13.1. The highest BCUT2D eigenvalue weighted by Crippen LogP contribution is 2.33. The highest BCUT2D eigenvalue weighted by molar-refractivity contribution is 7.80. The van der Waals surface area contributed by atoms with Gasteiger partial charge in [-0.3, -0.25) is 4.79 Å². The molecular formula is C21H20ClN3O2S. The van der Waals surface area contributed by atoms with Crippen molar-refractivity contribution in [2.45, 2.75) is 13.0 Å². The summed E-state index contributed by atoms with van der Waals surface area (Å²) in [7, 11) is 0. The lowest BCUT2D eigenvalue weighted by Gasteiger charge is -2.31. The van der Waals surface area contributed by atoms with Crippen LogP contribution in [0.15, 0.2) is 72.5 Å². The zero-order valence-electron chi connectivity index (χ0n) is 15.3. The number of amides is 1. The molecule has 0 radical (unpaired) electrons. The molecule has 1 heterocycles. The van der Waals surface area contributed by atoms with Gasteiger partial charge in [-0.1, -0.05) is 42.5 Å². The molecule has 7 heteroatoms. The van der Waals surface area contributed by atoms with E-state index in [1.54, 1.807) is 30.3 Å². The minimum atomic E-state index is -0.456. The lowest BCUT2D eigenvalue weighted by Crippen LogP contribution is -2.45. The molecule has 144 valence electrons. The van der Waals surface area contributed by atoms with Gasteiger partial charge in [-0.25, -0.2) is 0 Å². The molecule has 1 aliphatic heterocycles. The van der Waals surface area contributed by atoms with Gasteiger partial charge >= 0.3 is 0 Å². The molecule has 0 fully saturated rings. The summed E-state index contributed by atoms with van der Waals surface area (Å²) in [6.45, 7) is 5.87. The van der Waals surface area contributed by atoms with Crippen LogP contribution in [0.25, 0.3) is 0 Å². The summed E-state index contributed by atoms with van der Waals surface area (Å²) in [6.07, 6.45) is 1.67. The maximum Gasteiger partial charge on any atom is 0.255 e. The average molecular weight is 414 g/mol. The third kappa shape index (κ3) is 4.52. The van der Waals surface area contributed by atoms with Crippen molar-refractivity contribution in [1.29, 1.82) is 0 Å². The zero-order chi connectivity index (χ0) is 20.1. The number of benzene rings is 2. The molecule has 0 saturated heterocycles. The van der Waals surface area contributed by atoms with E-state index in [1.165, 1.54) is 0 Å². The van der Waals surface area contributed by atoms with Gasteiger partial charge in [-0.2, -0.15) is 0 Å². The summed E-state index contributed by atoms with van der Waals surface area (Å²) in [6, 6.07) is 14.0.